The topological polar surface area (TPSA) is 81.7 Å². The predicted molar refractivity (Wildman–Crippen MR) is 73.1 cm³/mol. The van der Waals surface area contributed by atoms with E-state index < -0.39 is 12.0 Å². The van der Waals surface area contributed by atoms with Gasteiger partial charge in [-0.1, -0.05) is 13.8 Å². The van der Waals surface area contributed by atoms with Crippen LogP contribution in [0.2, 0.25) is 0 Å². The Labute approximate surface area is 114 Å². The number of carboxylic acids is 1. The van der Waals surface area contributed by atoms with Crippen LogP contribution < -0.4 is 10.6 Å². The number of hydrogen-bond donors (Lipinski definition) is 3. The van der Waals surface area contributed by atoms with E-state index >= 15 is 0 Å². The van der Waals surface area contributed by atoms with Crippen molar-refractivity contribution in [1.82, 2.24) is 15.5 Å². The third-order valence-corrected chi connectivity index (χ3v) is 3.27. The van der Waals surface area contributed by atoms with Crippen LogP contribution in [0.1, 0.15) is 33.1 Å². The molecule has 0 bridgehead atoms. The molecule has 1 fully saturated rings. The molecule has 1 aliphatic rings. The number of carbonyl (C=O) groups excluding carboxylic acids is 1. The molecule has 6 nitrogen and oxygen atoms in total. The van der Waals surface area contributed by atoms with Crippen molar-refractivity contribution in [2.75, 3.05) is 20.1 Å². The number of likely N-dealkylation sites (tertiary alicyclic amines) is 1. The van der Waals surface area contributed by atoms with E-state index in [1.807, 2.05) is 20.9 Å². The van der Waals surface area contributed by atoms with Gasteiger partial charge in [0.05, 0.1) is 0 Å². The Hall–Kier alpha value is -1.30. The quantitative estimate of drug-likeness (QED) is 0.693. The van der Waals surface area contributed by atoms with Crippen molar-refractivity contribution >= 4 is 12.0 Å². The van der Waals surface area contributed by atoms with Gasteiger partial charge in [0.2, 0.25) is 0 Å². The highest BCUT2D eigenvalue weighted by Gasteiger charge is 2.23. The number of hydrogen-bond acceptors (Lipinski definition) is 3. The summed E-state index contributed by atoms with van der Waals surface area (Å²) in [6.45, 7) is 5.73. The van der Waals surface area contributed by atoms with Gasteiger partial charge < -0.3 is 20.6 Å². The Bertz CT molecular complexity index is 320. The second-order valence-corrected chi connectivity index (χ2v) is 5.74. The molecule has 2 amide bonds. The van der Waals surface area contributed by atoms with Gasteiger partial charge in [-0.15, -0.1) is 0 Å². The lowest BCUT2D eigenvalue weighted by Crippen LogP contribution is -2.53. The molecular formula is C13H25N3O3. The minimum absolute atomic E-state index is 0.104. The van der Waals surface area contributed by atoms with Crippen LogP contribution in [0.4, 0.5) is 4.79 Å². The average molecular weight is 271 g/mol. The number of urea groups is 1. The van der Waals surface area contributed by atoms with Crippen LogP contribution in [-0.4, -0.2) is 54.2 Å². The summed E-state index contributed by atoms with van der Waals surface area (Å²) < 4.78 is 0. The monoisotopic (exact) mass is 271 g/mol. The van der Waals surface area contributed by atoms with Gasteiger partial charge in [0.25, 0.3) is 0 Å². The average Bonchev–Trinajstić information content (AvgIpc) is 2.27. The summed E-state index contributed by atoms with van der Waals surface area (Å²) in [5, 5.41) is 14.5. The van der Waals surface area contributed by atoms with Crippen molar-refractivity contribution in [2.45, 2.75) is 45.2 Å². The molecule has 1 heterocycles. The zero-order valence-electron chi connectivity index (χ0n) is 12.0. The number of nitrogens with zero attached hydrogens (tertiary/aromatic N) is 1. The number of likely N-dealkylation sites (N-methyl/N-ethyl adjacent to an activating group) is 1. The zero-order chi connectivity index (χ0) is 14.4. The maximum absolute atomic E-state index is 11.8. The molecule has 0 aliphatic carbocycles. The fraction of sp³-hybridized carbons (Fsp3) is 0.846. The maximum Gasteiger partial charge on any atom is 0.326 e. The van der Waals surface area contributed by atoms with E-state index in [1.54, 1.807) is 0 Å². The van der Waals surface area contributed by atoms with Gasteiger partial charge in [0.15, 0.2) is 0 Å². The summed E-state index contributed by atoms with van der Waals surface area (Å²) in [7, 11) is 2.02. The van der Waals surface area contributed by atoms with Crippen LogP contribution in [-0.2, 0) is 4.79 Å². The molecule has 0 aromatic carbocycles. The summed E-state index contributed by atoms with van der Waals surface area (Å²) >= 11 is 0. The van der Waals surface area contributed by atoms with Crippen LogP contribution in [0.25, 0.3) is 0 Å². The molecule has 2 atom stereocenters. The van der Waals surface area contributed by atoms with Gasteiger partial charge in [-0.2, -0.15) is 0 Å². The van der Waals surface area contributed by atoms with E-state index in [1.165, 1.54) is 0 Å². The molecule has 3 N–H and O–H groups in total. The summed E-state index contributed by atoms with van der Waals surface area (Å²) in [6.07, 6.45) is 2.43. The van der Waals surface area contributed by atoms with E-state index in [0.717, 1.165) is 25.9 Å². The molecule has 0 radical (unpaired) electrons. The first-order valence-corrected chi connectivity index (χ1v) is 6.87. The molecular weight excluding hydrogens is 246 g/mol. The smallest absolute Gasteiger partial charge is 0.326 e. The first-order valence-electron chi connectivity index (χ1n) is 6.87. The molecule has 1 unspecified atom stereocenters. The summed E-state index contributed by atoms with van der Waals surface area (Å²) in [5.74, 6) is -0.758. The molecule has 1 saturated heterocycles. The molecule has 1 aliphatic heterocycles. The van der Waals surface area contributed by atoms with Crippen molar-refractivity contribution in [1.29, 1.82) is 0 Å². The van der Waals surface area contributed by atoms with Crippen molar-refractivity contribution in [3.8, 4) is 0 Å². The molecule has 0 aromatic heterocycles. The van der Waals surface area contributed by atoms with E-state index in [-0.39, 0.29) is 18.0 Å². The van der Waals surface area contributed by atoms with Gasteiger partial charge in [0.1, 0.15) is 6.04 Å². The maximum atomic E-state index is 11.8. The Morgan fingerprint density at radius 2 is 2.11 bits per heavy atom. The number of aliphatic carboxylic acids is 1. The molecule has 0 saturated carbocycles. The largest absolute Gasteiger partial charge is 0.480 e. The Kier molecular flexibility index (Phi) is 6.08. The predicted octanol–water partition coefficient (Wildman–Crippen LogP) is 0.879. The summed E-state index contributed by atoms with van der Waals surface area (Å²) in [6, 6.07) is -1.10. The minimum Gasteiger partial charge on any atom is -0.480 e. The molecule has 6 heteroatoms. The zero-order valence-corrected chi connectivity index (χ0v) is 12.0. The van der Waals surface area contributed by atoms with Gasteiger partial charge in [-0.05, 0) is 38.8 Å². The molecule has 0 spiro atoms. The van der Waals surface area contributed by atoms with Gasteiger partial charge in [-0.25, -0.2) is 9.59 Å². The van der Waals surface area contributed by atoms with E-state index in [9.17, 15) is 9.59 Å². The third-order valence-electron chi connectivity index (χ3n) is 3.27. The fourth-order valence-corrected chi connectivity index (χ4v) is 2.36. The first kappa shape index (κ1) is 15.8. The number of nitrogens with one attached hydrogen (secondary N) is 2. The second-order valence-electron chi connectivity index (χ2n) is 5.74. The first-order chi connectivity index (χ1) is 8.88. The molecule has 110 valence electrons. The van der Waals surface area contributed by atoms with Gasteiger partial charge in [-0.3, -0.25) is 0 Å². The lowest BCUT2D eigenvalue weighted by atomic mass is 10.0. The molecule has 0 aromatic rings. The van der Waals surface area contributed by atoms with Crippen LogP contribution in [0.15, 0.2) is 0 Å². The van der Waals surface area contributed by atoms with Crippen molar-refractivity contribution in [3.63, 3.8) is 0 Å². The number of carbonyl (C=O) groups is 2. The third kappa shape index (κ3) is 5.92. The normalized spacial score (nSPS) is 22.0. The van der Waals surface area contributed by atoms with Crippen LogP contribution in [0.5, 0.6) is 0 Å². The Balaban J connectivity index is 2.41. The standard InChI is InChI=1S/C13H25N3O3/c1-9(2)7-11(12(17)18)15-13(19)14-10-5-4-6-16(3)8-10/h9-11H,4-8H2,1-3H3,(H,17,18)(H2,14,15,19)/t10?,11-/m0/s1. The Morgan fingerprint density at radius 3 is 2.63 bits per heavy atom. The number of rotatable bonds is 5. The number of carboxylic acid groups (broad SMARTS) is 1. The van der Waals surface area contributed by atoms with E-state index in [2.05, 4.69) is 15.5 Å². The second kappa shape index (κ2) is 7.33. The summed E-state index contributed by atoms with van der Waals surface area (Å²) in [4.78, 5) is 25.0. The highest BCUT2D eigenvalue weighted by atomic mass is 16.4. The number of amides is 2. The van der Waals surface area contributed by atoms with E-state index in [4.69, 9.17) is 5.11 Å². The van der Waals surface area contributed by atoms with E-state index in [0.29, 0.717) is 6.42 Å². The number of piperidine rings is 1. The van der Waals surface area contributed by atoms with Crippen LogP contribution >= 0.6 is 0 Å². The minimum atomic E-state index is -0.982. The molecule has 19 heavy (non-hydrogen) atoms. The van der Waals surface area contributed by atoms with Crippen LogP contribution in [0, 0.1) is 5.92 Å². The van der Waals surface area contributed by atoms with Crippen molar-refractivity contribution in [2.24, 2.45) is 5.92 Å². The lowest BCUT2D eigenvalue weighted by molar-refractivity contribution is -0.139. The highest BCUT2D eigenvalue weighted by molar-refractivity contribution is 5.82. The Morgan fingerprint density at radius 1 is 1.42 bits per heavy atom. The molecule has 1 rings (SSSR count). The SMILES string of the molecule is CC(C)C[C@H](NC(=O)NC1CCCN(C)C1)C(=O)O. The van der Waals surface area contributed by atoms with Crippen LogP contribution in [0.3, 0.4) is 0 Å². The van der Waals surface area contributed by atoms with Gasteiger partial charge in [0, 0.05) is 12.6 Å². The lowest BCUT2D eigenvalue weighted by Gasteiger charge is -2.30. The fourth-order valence-electron chi connectivity index (χ4n) is 2.36. The van der Waals surface area contributed by atoms with Crippen molar-refractivity contribution < 1.29 is 14.7 Å². The highest BCUT2D eigenvalue weighted by Crippen LogP contribution is 2.08. The van der Waals surface area contributed by atoms with Gasteiger partial charge >= 0.3 is 12.0 Å². The summed E-state index contributed by atoms with van der Waals surface area (Å²) in [5.41, 5.74) is 0. The van der Waals surface area contributed by atoms with Crippen molar-refractivity contribution in [3.05, 3.63) is 0 Å².